The van der Waals surface area contributed by atoms with Gasteiger partial charge in [-0.25, -0.2) is 0 Å². The minimum atomic E-state index is -1.74. The topological polar surface area (TPSA) is 0 Å². The van der Waals surface area contributed by atoms with Gasteiger partial charge in [0.1, 0.15) is 0 Å². The molecule has 0 fully saturated rings. The maximum Gasteiger partial charge on any atom is -1.00 e. The molecule has 0 saturated heterocycles. The van der Waals surface area contributed by atoms with Crippen molar-refractivity contribution in [2.24, 2.45) is 0 Å². The van der Waals surface area contributed by atoms with Gasteiger partial charge in [0.15, 0.2) is 0 Å². The van der Waals surface area contributed by atoms with Gasteiger partial charge in [-0.05, 0) is 0 Å². The molecule has 2 atom stereocenters. The molecule has 4 aromatic carbocycles. The first-order chi connectivity index (χ1) is 17.8. The molecule has 0 aromatic heterocycles. The van der Waals surface area contributed by atoms with Crippen LogP contribution in [-0.2, 0) is 16.6 Å². The first-order valence-corrected chi connectivity index (χ1v) is 20.3. The van der Waals surface area contributed by atoms with Crippen LogP contribution in [0.4, 0.5) is 0 Å². The third-order valence-corrected chi connectivity index (χ3v) is 21.4. The van der Waals surface area contributed by atoms with Gasteiger partial charge in [-0.2, -0.15) is 0 Å². The number of aryl methyl sites for hydroxylation is 1. The quantitative estimate of drug-likeness (QED) is 0.311. The predicted molar refractivity (Wildman–Crippen MR) is 160 cm³/mol. The summed E-state index contributed by atoms with van der Waals surface area (Å²) in [6.07, 6.45) is 4.60. The Hall–Kier alpha value is -1.87. The van der Waals surface area contributed by atoms with Gasteiger partial charge in [0.2, 0.25) is 0 Å². The Balaban J connectivity index is 0.00000176. The van der Waals surface area contributed by atoms with Crippen LogP contribution in [0.1, 0.15) is 74.1 Å². The van der Waals surface area contributed by atoms with Gasteiger partial charge < -0.3 is 24.8 Å². The summed E-state index contributed by atoms with van der Waals surface area (Å²) in [5.74, 6) is 0.551. The van der Waals surface area contributed by atoms with Crippen LogP contribution in [0.15, 0.2) is 84.4 Å². The van der Waals surface area contributed by atoms with E-state index >= 15 is 0 Å². The second-order valence-corrected chi connectivity index (χ2v) is 23.8. The fourth-order valence-electron chi connectivity index (χ4n) is 6.83. The van der Waals surface area contributed by atoms with Crippen molar-refractivity contribution in [3.05, 3.63) is 123 Å². The maximum atomic E-state index is 2.62. The molecule has 0 spiro atoms. The minimum Gasteiger partial charge on any atom is -1.00 e. The van der Waals surface area contributed by atoms with Gasteiger partial charge in [-0.1, -0.05) is 0 Å². The molecule has 0 N–H and O–H groups in total. The molecule has 0 saturated carbocycles. The van der Waals surface area contributed by atoms with E-state index in [1.165, 1.54) is 38.6 Å². The smallest absolute Gasteiger partial charge is 1.00 e. The Labute approximate surface area is 253 Å². The zero-order chi connectivity index (χ0) is 25.8. The number of halogens is 2. The Morgan fingerprint density at radius 1 is 0.744 bits per heavy atom. The fraction of sp³-hybridized carbons (Fsp3) is 0.257. The summed E-state index contributed by atoms with van der Waals surface area (Å²) in [5.41, 5.74) is 13.7. The van der Waals surface area contributed by atoms with E-state index in [1.807, 2.05) is 0 Å². The molecule has 2 unspecified atom stereocenters. The largest absolute Gasteiger partial charge is 1.00 e. The van der Waals surface area contributed by atoms with E-state index in [-0.39, 0.29) is 24.8 Å². The summed E-state index contributed by atoms with van der Waals surface area (Å²) in [6, 6.07) is 30.2. The Kier molecular flexibility index (Phi) is 9.21. The van der Waals surface area contributed by atoms with Gasteiger partial charge in [0.25, 0.3) is 0 Å². The molecule has 6 rings (SSSR count). The van der Waals surface area contributed by atoms with Crippen molar-refractivity contribution >= 4 is 34.7 Å². The Morgan fingerprint density at radius 3 is 2.18 bits per heavy atom. The number of rotatable bonds is 4. The molecular weight excluding hydrogens is 567 g/mol. The summed E-state index contributed by atoms with van der Waals surface area (Å²) in [5, 5.41) is 2.76. The summed E-state index contributed by atoms with van der Waals surface area (Å²) in [7, 11) is 0. The SMILES string of the molecule is CC1=Cc2c(C(C)C)cccc2[CH]1[Ti+2]([CH]1C(c2cc(C)cc3ccccc23)=Cc2ccccc21)=[Si](C)C.[Cl-].[Cl-]. The Bertz CT molecular complexity index is 1660. The molecule has 4 heteroatoms. The molecule has 198 valence electrons. The molecule has 2 aliphatic rings. The molecule has 2 aliphatic carbocycles. The number of allylic oxidation sites excluding steroid dienone is 2. The van der Waals surface area contributed by atoms with Gasteiger partial charge in [-0.15, -0.1) is 0 Å². The summed E-state index contributed by atoms with van der Waals surface area (Å²) < 4.78 is 1.19. The van der Waals surface area contributed by atoms with Crippen LogP contribution in [0.3, 0.4) is 0 Å². The van der Waals surface area contributed by atoms with E-state index in [2.05, 4.69) is 132 Å². The van der Waals surface area contributed by atoms with Gasteiger partial charge in [0.05, 0.1) is 0 Å². The van der Waals surface area contributed by atoms with Gasteiger partial charge >= 0.3 is 230 Å². The average Bonchev–Trinajstić information content (AvgIpc) is 3.41. The van der Waals surface area contributed by atoms with Crippen LogP contribution in [0.25, 0.3) is 28.5 Å². The minimum absolute atomic E-state index is 0. The van der Waals surface area contributed by atoms with E-state index in [1.54, 1.807) is 22.3 Å². The Morgan fingerprint density at radius 2 is 1.44 bits per heavy atom. The molecular formula is C35H36Cl2SiTi. The third kappa shape index (κ3) is 5.18. The normalized spacial score (nSPS) is 16.9. The molecule has 0 bridgehead atoms. The second-order valence-electron chi connectivity index (χ2n) is 11.5. The van der Waals surface area contributed by atoms with Crippen LogP contribution in [-0.4, -0.2) is 6.19 Å². The zero-order valence-corrected chi connectivity index (χ0v) is 27.7. The van der Waals surface area contributed by atoms with E-state index < -0.39 is 22.8 Å². The van der Waals surface area contributed by atoms with E-state index in [4.69, 9.17) is 0 Å². The summed E-state index contributed by atoms with van der Waals surface area (Å²) in [6.45, 7) is 14.6. The summed E-state index contributed by atoms with van der Waals surface area (Å²) >= 11 is -1.74. The van der Waals surface area contributed by atoms with Crippen molar-refractivity contribution in [2.45, 2.75) is 55.2 Å². The van der Waals surface area contributed by atoms with Crippen LogP contribution < -0.4 is 24.8 Å². The molecule has 0 nitrogen and oxygen atoms in total. The van der Waals surface area contributed by atoms with Crippen molar-refractivity contribution in [2.75, 3.05) is 0 Å². The molecule has 0 heterocycles. The van der Waals surface area contributed by atoms with Crippen LogP contribution in [0.5, 0.6) is 0 Å². The standard InChI is InChI=1S/C20H15.C13H15.C2H6Si.2ClH.Ti/c1-14-10-17-8-4-5-9-19(17)20(11-14)18-12-15-6-2-3-7-16(15)13-18;1-9(2)12-6-4-5-11-7-10(3)8-13(11)12;1-3-2;;;/h2-13H,1H3;4-9H,1-3H3;1-2H3;2*1H;/q;;;;;+2/p-2. The zero-order valence-electron chi connectivity index (χ0n) is 23.6. The fourth-order valence-corrected chi connectivity index (χ4v) is 20.4. The first kappa shape index (κ1) is 30.1. The molecule has 39 heavy (non-hydrogen) atoms. The number of hydrogen-bond donors (Lipinski definition) is 0. The van der Waals surface area contributed by atoms with Crippen LogP contribution in [0, 0.1) is 6.92 Å². The van der Waals surface area contributed by atoms with Gasteiger partial charge in [0, 0.05) is 0 Å². The van der Waals surface area contributed by atoms with E-state index in [0.717, 1.165) is 0 Å². The second kappa shape index (κ2) is 11.9. The van der Waals surface area contributed by atoms with Crippen molar-refractivity contribution in [1.29, 1.82) is 0 Å². The first-order valence-electron chi connectivity index (χ1n) is 13.6. The maximum absolute atomic E-state index is 2.62. The van der Waals surface area contributed by atoms with Crippen molar-refractivity contribution in [3.63, 3.8) is 0 Å². The predicted octanol–water partition coefficient (Wildman–Crippen LogP) is 3.90. The van der Waals surface area contributed by atoms with Gasteiger partial charge in [-0.3, -0.25) is 0 Å². The molecule has 0 amide bonds. The monoisotopic (exact) mass is 602 g/mol. The number of hydrogen-bond acceptors (Lipinski definition) is 0. The molecule has 4 aromatic rings. The van der Waals surface area contributed by atoms with E-state index in [0.29, 0.717) is 14.4 Å². The van der Waals surface area contributed by atoms with Crippen molar-refractivity contribution < 1.29 is 41.4 Å². The summed E-state index contributed by atoms with van der Waals surface area (Å²) in [4.78, 5) is 0. The number of fused-ring (bicyclic) bond motifs is 3. The average molecular weight is 604 g/mol. The molecule has 0 aliphatic heterocycles. The van der Waals surface area contributed by atoms with Crippen LogP contribution in [0.2, 0.25) is 13.1 Å². The molecule has 0 radical (unpaired) electrons. The van der Waals surface area contributed by atoms with Crippen molar-refractivity contribution in [1.82, 2.24) is 0 Å². The number of benzene rings is 4. The third-order valence-electron chi connectivity index (χ3n) is 8.38. The van der Waals surface area contributed by atoms with Crippen molar-refractivity contribution in [3.8, 4) is 0 Å². The van der Waals surface area contributed by atoms with Crippen LogP contribution >= 0.6 is 0 Å². The van der Waals surface area contributed by atoms with E-state index in [9.17, 15) is 0 Å².